The first-order valence-electron chi connectivity index (χ1n) is 11.8. The van der Waals surface area contributed by atoms with Crippen molar-refractivity contribution in [2.24, 2.45) is 0 Å². The molecule has 3 aromatic carbocycles. The number of carbonyl (C=O) groups is 1. The highest BCUT2D eigenvalue weighted by Gasteiger charge is 2.36. The number of anilines is 2. The predicted octanol–water partition coefficient (Wildman–Crippen LogP) is 6.47. The number of benzene rings is 3. The van der Waals surface area contributed by atoms with E-state index >= 15 is 0 Å². The van der Waals surface area contributed by atoms with Crippen molar-refractivity contribution >= 4 is 40.9 Å². The fourth-order valence-electron chi connectivity index (χ4n) is 4.35. The lowest BCUT2D eigenvalue weighted by atomic mass is 9.94. The van der Waals surface area contributed by atoms with Gasteiger partial charge in [-0.05, 0) is 49.2 Å². The predicted molar refractivity (Wildman–Crippen MR) is 148 cm³/mol. The molecule has 7 nitrogen and oxygen atoms in total. The number of para-hydroxylation sites is 1. The van der Waals surface area contributed by atoms with Crippen molar-refractivity contribution in [1.82, 2.24) is 14.8 Å². The van der Waals surface area contributed by atoms with Gasteiger partial charge in [0.15, 0.2) is 0 Å². The Morgan fingerprint density at radius 1 is 1.11 bits per heavy atom. The number of ether oxygens (including phenoxy) is 1. The van der Waals surface area contributed by atoms with Crippen LogP contribution in [-0.4, -0.2) is 27.8 Å². The minimum Gasteiger partial charge on any atom is -0.496 e. The van der Waals surface area contributed by atoms with Crippen LogP contribution < -0.4 is 15.4 Å². The van der Waals surface area contributed by atoms with Crippen LogP contribution in [0.1, 0.15) is 29.7 Å². The number of hydrogen-bond acceptors (Lipinski definition) is 6. The molecule has 1 aromatic heterocycles. The van der Waals surface area contributed by atoms with E-state index in [4.69, 9.17) is 26.4 Å². The third-order valence-electron chi connectivity index (χ3n) is 6.10. The number of allylic oxidation sites excluding steroid dienone is 1. The van der Waals surface area contributed by atoms with Gasteiger partial charge in [0, 0.05) is 27.7 Å². The van der Waals surface area contributed by atoms with Crippen LogP contribution in [-0.2, 0) is 10.5 Å². The first kappa shape index (κ1) is 24.9. The number of aromatic nitrogens is 3. The van der Waals surface area contributed by atoms with E-state index in [-0.39, 0.29) is 5.91 Å². The maximum absolute atomic E-state index is 13.7. The Morgan fingerprint density at radius 3 is 2.68 bits per heavy atom. The molecule has 5 rings (SSSR count). The third-order valence-corrected chi connectivity index (χ3v) is 7.36. The number of aryl methyl sites for hydroxylation is 1. The van der Waals surface area contributed by atoms with E-state index in [1.54, 1.807) is 11.8 Å². The lowest BCUT2D eigenvalue weighted by Gasteiger charge is -2.29. The van der Waals surface area contributed by atoms with Gasteiger partial charge in [-0.25, -0.2) is 4.68 Å². The second-order valence-corrected chi connectivity index (χ2v) is 10.0. The first-order chi connectivity index (χ1) is 17.9. The normalized spacial score (nSPS) is 14.6. The van der Waals surface area contributed by atoms with Crippen LogP contribution in [0, 0.1) is 6.92 Å². The van der Waals surface area contributed by atoms with Crippen LogP contribution in [0.15, 0.2) is 89.2 Å². The number of thioether (sulfide) groups is 1. The average molecular weight is 532 g/mol. The van der Waals surface area contributed by atoms with Gasteiger partial charge in [0.25, 0.3) is 5.91 Å². The van der Waals surface area contributed by atoms with Gasteiger partial charge in [-0.2, -0.15) is 4.98 Å². The van der Waals surface area contributed by atoms with Gasteiger partial charge in [-0.1, -0.05) is 71.9 Å². The van der Waals surface area contributed by atoms with Crippen LogP contribution >= 0.6 is 23.4 Å². The van der Waals surface area contributed by atoms with Crippen molar-refractivity contribution in [3.8, 4) is 5.75 Å². The number of halogens is 1. The number of nitrogens with zero attached hydrogens (tertiary/aromatic N) is 3. The average Bonchev–Trinajstić information content (AvgIpc) is 3.29. The molecular formula is C28H26ClN5O2S. The monoisotopic (exact) mass is 531 g/mol. The number of hydrogen-bond donors (Lipinski definition) is 2. The Hall–Kier alpha value is -3.75. The molecule has 188 valence electrons. The molecule has 0 bridgehead atoms. The molecule has 0 radical (unpaired) electrons. The number of methoxy groups -OCH3 is 1. The molecule has 4 aromatic rings. The third kappa shape index (κ3) is 5.21. The molecule has 1 aliphatic heterocycles. The van der Waals surface area contributed by atoms with Crippen molar-refractivity contribution in [3.63, 3.8) is 0 Å². The van der Waals surface area contributed by atoms with E-state index in [1.165, 1.54) is 11.8 Å². The highest BCUT2D eigenvalue weighted by molar-refractivity contribution is 7.98. The van der Waals surface area contributed by atoms with E-state index < -0.39 is 6.04 Å². The summed E-state index contributed by atoms with van der Waals surface area (Å²) in [7, 11) is 1.62. The minimum absolute atomic E-state index is 0.224. The summed E-state index contributed by atoms with van der Waals surface area (Å²) in [4.78, 5) is 18.4. The molecule has 1 unspecified atom stereocenters. The molecule has 2 heterocycles. The molecule has 0 spiro atoms. The number of amides is 1. The van der Waals surface area contributed by atoms with Crippen molar-refractivity contribution in [1.29, 1.82) is 0 Å². The molecule has 1 aliphatic rings. The quantitative estimate of drug-likeness (QED) is 0.266. The Kier molecular flexibility index (Phi) is 7.21. The molecule has 9 heteroatoms. The smallest absolute Gasteiger partial charge is 0.255 e. The summed E-state index contributed by atoms with van der Waals surface area (Å²) in [6, 6.07) is 22.6. The molecule has 0 saturated carbocycles. The second-order valence-electron chi connectivity index (χ2n) is 8.67. The fourth-order valence-corrected chi connectivity index (χ4v) is 5.46. The summed E-state index contributed by atoms with van der Waals surface area (Å²) in [5.41, 5.74) is 4.84. The minimum atomic E-state index is -0.542. The van der Waals surface area contributed by atoms with Crippen molar-refractivity contribution in [2.75, 3.05) is 17.7 Å². The fraction of sp³-hybridized carbons (Fsp3) is 0.179. The molecule has 37 heavy (non-hydrogen) atoms. The van der Waals surface area contributed by atoms with Gasteiger partial charge in [0.05, 0.1) is 12.7 Å². The summed E-state index contributed by atoms with van der Waals surface area (Å²) in [5, 5.41) is 12.4. The van der Waals surface area contributed by atoms with Gasteiger partial charge in [-0.3, -0.25) is 4.79 Å². The number of fused-ring (bicyclic) bond motifs is 1. The molecule has 0 saturated heterocycles. The van der Waals surface area contributed by atoms with Crippen molar-refractivity contribution < 1.29 is 9.53 Å². The van der Waals surface area contributed by atoms with Gasteiger partial charge >= 0.3 is 0 Å². The first-order valence-corrected chi connectivity index (χ1v) is 13.1. The summed E-state index contributed by atoms with van der Waals surface area (Å²) in [6.45, 7) is 3.87. The molecule has 0 aliphatic carbocycles. The highest BCUT2D eigenvalue weighted by Crippen LogP contribution is 2.40. The largest absolute Gasteiger partial charge is 0.496 e. The maximum atomic E-state index is 13.7. The van der Waals surface area contributed by atoms with E-state index in [0.29, 0.717) is 38.9 Å². The van der Waals surface area contributed by atoms with Crippen molar-refractivity contribution in [3.05, 3.63) is 106 Å². The number of nitrogens with one attached hydrogen (secondary N) is 2. The van der Waals surface area contributed by atoms with E-state index in [2.05, 4.69) is 10.6 Å². The second kappa shape index (κ2) is 10.7. The zero-order valence-corrected chi connectivity index (χ0v) is 22.2. The van der Waals surface area contributed by atoms with Gasteiger partial charge in [0.1, 0.15) is 11.8 Å². The van der Waals surface area contributed by atoms with Gasteiger partial charge < -0.3 is 15.4 Å². The van der Waals surface area contributed by atoms with Crippen LogP contribution in [0.4, 0.5) is 11.6 Å². The summed E-state index contributed by atoms with van der Waals surface area (Å²) in [5.74, 6) is 1.62. The Bertz CT molecular complexity index is 1500. The molecular weight excluding hydrogens is 506 g/mol. The Morgan fingerprint density at radius 2 is 1.89 bits per heavy atom. The zero-order valence-electron chi connectivity index (χ0n) is 20.7. The van der Waals surface area contributed by atoms with Crippen LogP contribution in [0.5, 0.6) is 5.75 Å². The lowest BCUT2D eigenvalue weighted by Crippen LogP contribution is -2.31. The summed E-state index contributed by atoms with van der Waals surface area (Å²) < 4.78 is 7.44. The number of rotatable bonds is 7. The molecule has 1 amide bonds. The summed E-state index contributed by atoms with van der Waals surface area (Å²) >= 11 is 7.83. The SMILES string of the molecule is COc1ccccc1C1C(C(=O)Nc2cccc(C)c2)=C(C)Nc2nc(SCc3ccccc3Cl)nn21. The van der Waals surface area contributed by atoms with E-state index in [9.17, 15) is 4.79 Å². The van der Waals surface area contributed by atoms with E-state index in [0.717, 1.165) is 22.4 Å². The van der Waals surface area contributed by atoms with Crippen LogP contribution in [0.25, 0.3) is 0 Å². The van der Waals surface area contributed by atoms with Crippen LogP contribution in [0.2, 0.25) is 5.02 Å². The van der Waals surface area contributed by atoms with Crippen molar-refractivity contribution in [2.45, 2.75) is 30.8 Å². The highest BCUT2D eigenvalue weighted by atomic mass is 35.5. The standard InChI is InChI=1S/C28H26ClN5O2S/c1-17-9-8-11-20(15-17)31-26(35)24-18(2)30-27-32-28(37-16-19-10-4-6-13-22(19)29)33-34(27)25(24)21-12-5-7-14-23(21)36-3/h4-15,25H,16H2,1-3H3,(H,31,35)(H,30,32,33). The lowest BCUT2D eigenvalue weighted by molar-refractivity contribution is -0.113. The Balaban J connectivity index is 1.53. The van der Waals surface area contributed by atoms with Crippen LogP contribution in [0.3, 0.4) is 0 Å². The topological polar surface area (TPSA) is 81.1 Å². The molecule has 1 atom stereocenters. The Labute approximate surface area is 224 Å². The van der Waals surface area contributed by atoms with Gasteiger partial charge in [0.2, 0.25) is 11.1 Å². The summed E-state index contributed by atoms with van der Waals surface area (Å²) in [6.07, 6.45) is 0. The zero-order chi connectivity index (χ0) is 25.9. The maximum Gasteiger partial charge on any atom is 0.255 e. The molecule has 2 N–H and O–H groups in total. The number of carbonyl (C=O) groups excluding carboxylic acids is 1. The molecule has 0 fully saturated rings. The van der Waals surface area contributed by atoms with E-state index in [1.807, 2.05) is 86.6 Å². The van der Waals surface area contributed by atoms with Gasteiger partial charge in [-0.15, -0.1) is 5.10 Å².